The van der Waals surface area contributed by atoms with Gasteiger partial charge in [0, 0.05) is 27.7 Å². The van der Waals surface area contributed by atoms with Crippen LogP contribution in [0.4, 0.5) is 5.69 Å². The molecule has 0 fully saturated rings. The molecule has 0 saturated carbocycles. The highest BCUT2D eigenvalue weighted by atomic mass is 35.5. The third kappa shape index (κ3) is 5.35. The standard InChI is InChI=1S/C23H21Cl2NO/c1-2-16-3-5-17(6-4-16)22(26-21-13-11-20(25)12-14-21)15-23(27)18-7-9-19(24)10-8-18/h3-14,22,26H,2,15H2,1H3. The summed E-state index contributed by atoms with van der Waals surface area (Å²) >= 11 is 11.9. The Bertz CT molecular complexity index is 887. The third-order valence-electron chi connectivity index (χ3n) is 4.53. The molecule has 0 saturated heterocycles. The molecule has 0 spiro atoms. The molecule has 0 aromatic heterocycles. The predicted octanol–water partition coefficient (Wildman–Crippen LogP) is 6.98. The first-order chi connectivity index (χ1) is 13.0. The number of nitrogens with one attached hydrogen (secondary N) is 1. The van der Waals surface area contributed by atoms with Gasteiger partial charge < -0.3 is 5.32 Å². The fourth-order valence-electron chi connectivity index (χ4n) is 2.92. The van der Waals surface area contributed by atoms with Gasteiger partial charge in [-0.2, -0.15) is 0 Å². The lowest BCUT2D eigenvalue weighted by molar-refractivity contribution is 0.0976. The minimum atomic E-state index is -0.139. The number of Topliss-reactive ketones (excluding diaryl/α,β-unsaturated/α-hetero) is 1. The number of carbonyl (C=O) groups is 1. The van der Waals surface area contributed by atoms with E-state index >= 15 is 0 Å². The van der Waals surface area contributed by atoms with Crippen LogP contribution in [-0.4, -0.2) is 5.78 Å². The molecular formula is C23H21Cl2NO. The van der Waals surface area contributed by atoms with Crippen molar-refractivity contribution < 1.29 is 4.79 Å². The molecule has 0 bridgehead atoms. The highest BCUT2D eigenvalue weighted by Crippen LogP contribution is 2.26. The summed E-state index contributed by atoms with van der Waals surface area (Å²) in [5, 5.41) is 4.77. The summed E-state index contributed by atoms with van der Waals surface area (Å²) in [6, 6.07) is 22.8. The molecule has 0 heterocycles. The van der Waals surface area contributed by atoms with Gasteiger partial charge in [0.1, 0.15) is 0 Å². The fourth-order valence-corrected chi connectivity index (χ4v) is 3.18. The van der Waals surface area contributed by atoms with Crippen LogP contribution < -0.4 is 5.32 Å². The summed E-state index contributed by atoms with van der Waals surface area (Å²) in [6.45, 7) is 2.13. The van der Waals surface area contributed by atoms with Crippen LogP contribution in [0.1, 0.15) is 40.9 Å². The van der Waals surface area contributed by atoms with E-state index in [0.29, 0.717) is 22.0 Å². The minimum Gasteiger partial charge on any atom is -0.378 e. The molecule has 3 aromatic rings. The monoisotopic (exact) mass is 397 g/mol. The van der Waals surface area contributed by atoms with E-state index < -0.39 is 0 Å². The summed E-state index contributed by atoms with van der Waals surface area (Å²) in [7, 11) is 0. The summed E-state index contributed by atoms with van der Waals surface area (Å²) in [5.41, 5.74) is 3.93. The molecule has 4 heteroatoms. The quantitative estimate of drug-likeness (QED) is 0.435. The lowest BCUT2D eigenvalue weighted by Crippen LogP contribution is -2.16. The van der Waals surface area contributed by atoms with Gasteiger partial charge in [0.05, 0.1) is 6.04 Å². The summed E-state index contributed by atoms with van der Waals surface area (Å²) < 4.78 is 0. The Labute approximate surface area is 170 Å². The topological polar surface area (TPSA) is 29.1 Å². The van der Waals surface area contributed by atoms with E-state index in [1.165, 1.54) is 5.56 Å². The van der Waals surface area contributed by atoms with Crippen molar-refractivity contribution in [1.82, 2.24) is 0 Å². The van der Waals surface area contributed by atoms with Crippen molar-refractivity contribution in [3.05, 3.63) is 99.5 Å². The summed E-state index contributed by atoms with van der Waals surface area (Å²) in [5.74, 6) is 0.0673. The van der Waals surface area contributed by atoms with Crippen LogP contribution in [0.2, 0.25) is 10.0 Å². The second-order valence-corrected chi connectivity index (χ2v) is 7.31. The van der Waals surface area contributed by atoms with E-state index in [2.05, 4.69) is 36.5 Å². The zero-order valence-corrected chi connectivity index (χ0v) is 16.6. The molecule has 1 unspecified atom stereocenters. The van der Waals surface area contributed by atoms with Gasteiger partial charge in [0.2, 0.25) is 0 Å². The van der Waals surface area contributed by atoms with Crippen LogP contribution in [0.15, 0.2) is 72.8 Å². The van der Waals surface area contributed by atoms with Crippen molar-refractivity contribution in [3.8, 4) is 0 Å². The van der Waals surface area contributed by atoms with E-state index in [9.17, 15) is 4.79 Å². The number of hydrogen-bond acceptors (Lipinski definition) is 2. The van der Waals surface area contributed by atoms with Gasteiger partial charge in [-0.05, 0) is 66.1 Å². The molecule has 0 radical (unpaired) electrons. The number of aryl methyl sites for hydroxylation is 1. The molecule has 138 valence electrons. The molecule has 0 aliphatic heterocycles. The first-order valence-electron chi connectivity index (χ1n) is 8.95. The Morgan fingerprint density at radius 2 is 1.41 bits per heavy atom. The number of ketones is 1. The van der Waals surface area contributed by atoms with E-state index in [1.54, 1.807) is 24.3 Å². The van der Waals surface area contributed by atoms with Gasteiger partial charge >= 0.3 is 0 Å². The lowest BCUT2D eigenvalue weighted by atomic mass is 9.96. The third-order valence-corrected chi connectivity index (χ3v) is 5.04. The van der Waals surface area contributed by atoms with Crippen molar-refractivity contribution in [2.75, 3.05) is 5.32 Å². The van der Waals surface area contributed by atoms with Gasteiger partial charge in [-0.25, -0.2) is 0 Å². The molecule has 27 heavy (non-hydrogen) atoms. The molecule has 0 amide bonds. The average molecular weight is 398 g/mol. The van der Waals surface area contributed by atoms with Gasteiger partial charge in [0.25, 0.3) is 0 Å². The number of carbonyl (C=O) groups excluding carboxylic acids is 1. The Morgan fingerprint density at radius 3 is 1.96 bits per heavy atom. The highest BCUT2D eigenvalue weighted by molar-refractivity contribution is 6.31. The smallest absolute Gasteiger partial charge is 0.165 e. The molecule has 0 aliphatic rings. The Kier molecular flexibility index (Phi) is 6.54. The van der Waals surface area contributed by atoms with E-state index in [1.807, 2.05) is 24.3 Å². The zero-order valence-electron chi connectivity index (χ0n) is 15.1. The number of benzene rings is 3. The molecule has 1 atom stereocenters. The first-order valence-corrected chi connectivity index (χ1v) is 9.70. The molecule has 0 aliphatic carbocycles. The molecular weight excluding hydrogens is 377 g/mol. The minimum absolute atomic E-state index is 0.0673. The number of anilines is 1. The molecule has 2 nitrogen and oxygen atoms in total. The maximum atomic E-state index is 12.8. The zero-order chi connectivity index (χ0) is 19.2. The van der Waals surface area contributed by atoms with E-state index in [4.69, 9.17) is 23.2 Å². The van der Waals surface area contributed by atoms with Crippen LogP contribution in [0, 0.1) is 0 Å². The van der Waals surface area contributed by atoms with Crippen molar-refractivity contribution in [2.24, 2.45) is 0 Å². The maximum absolute atomic E-state index is 12.8. The molecule has 1 N–H and O–H groups in total. The van der Waals surface area contributed by atoms with Crippen LogP contribution >= 0.6 is 23.2 Å². The maximum Gasteiger partial charge on any atom is 0.165 e. The number of hydrogen-bond donors (Lipinski definition) is 1. The van der Waals surface area contributed by atoms with Gasteiger partial charge in [-0.3, -0.25) is 4.79 Å². The van der Waals surface area contributed by atoms with Crippen LogP contribution in [0.5, 0.6) is 0 Å². The summed E-state index contributed by atoms with van der Waals surface area (Å²) in [4.78, 5) is 12.8. The van der Waals surface area contributed by atoms with Crippen molar-refractivity contribution in [1.29, 1.82) is 0 Å². The van der Waals surface area contributed by atoms with Gasteiger partial charge in [0.15, 0.2) is 5.78 Å². The Balaban J connectivity index is 1.84. The Hall–Kier alpha value is -2.29. The highest BCUT2D eigenvalue weighted by Gasteiger charge is 2.17. The van der Waals surface area contributed by atoms with E-state index in [-0.39, 0.29) is 11.8 Å². The normalized spacial score (nSPS) is 11.8. The van der Waals surface area contributed by atoms with Gasteiger partial charge in [-0.15, -0.1) is 0 Å². The second-order valence-electron chi connectivity index (χ2n) is 6.43. The summed E-state index contributed by atoms with van der Waals surface area (Å²) in [6.07, 6.45) is 1.33. The van der Waals surface area contributed by atoms with E-state index in [0.717, 1.165) is 17.7 Å². The van der Waals surface area contributed by atoms with Crippen molar-refractivity contribution >= 4 is 34.7 Å². The first kappa shape index (κ1) is 19.5. The average Bonchev–Trinajstić information content (AvgIpc) is 2.69. The predicted molar refractivity (Wildman–Crippen MR) is 114 cm³/mol. The largest absolute Gasteiger partial charge is 0.378 e. The second kappa shape index (κ2) is 9.07. The van der Waals surface area contributed by atoms with Crippen LogP contribution in [0.25, 0.3) is 0 Å². The number of rotatable bonds is 7. The van der Waals surface area contributed by atoms with Crippen LogP contribution in [-0.2, 0) is 6.42 Å². The molecule has 3 aromatic carbocycles. The van der Waals surface area contributed by atoms with Crippen molar-refractivity contribution in [2.45, 2.75) is 25.8 Å². The van der Waals surface area contributed by atoms with Crippen LogP contribution in [0.3, 0.4) is 0 Å². The lowest BCUT2D eigenvalue weighted by Gasteiger charge is -2.20. The molecule has 3 rings (SSSR count). The van der Waals surface area contributed by atoms with Crippen molar-refractivity contribution in [3.63, 3.8) is 0 Å². The fraction of sp³-hybridized carbons (Fsp3) is 0.174. The van der Waals surface area contributed by atoms with Gasteiger partial charge in [-0.1, -0.05) is 54.4 Å². The number of halogens is 2. The SMILES string of the molecule is CCc1ccc(C(CC(=O)c2ccc(Cl)cc2)Nc2ccc(Cl)cc2)cc1. The Morgan fingerprint density at radius 1 is 0.852 bits per heavy atom.